The molecule has 102 valence electrons. The number of ether oxygens (including phenoxy) is 1. The van der Waals surface area contributed by atoms with Crippen molar-refractivity contribution in [2.24, 2.45) is 0 Å². The molecule has 0 saturated heterocycles. The van der Waals surface area contributed by atoms with Crippen LogP contribution in [0, 0.1) is 6.92 Å². The Morgan fingerprint density at radius 3 is 2.75 bits per heavy atom. The Labute approximate surface area is 119 Å². The van der Waals surface area contributed by atoms with Crippen molar-refractivity contribution < 1.29 is 9.53 Å². The van der Waals surface area contributed by atoms with Crippen LogP contribution in [0.5, 0.6) is 5.75 Å². The summed E-state index contributed by atoms with van der Waals surface area (Å²) in [6.07, 6.45) is 1.92. The number of carbonyl (C=O) groups is 1. The van der Waals surface area contributed by atoms with Crippen molar-refractivity contribution in [2.75, 3.05) is 7.11 Å². The summed E-state index contributed by atoms with van der Waals surface area (Å²) in [7, 11) is 1.64. The largest absolute Gasteiger partial charge is 0.497 e. The van der Waals surface area contributed by atoms with Gasteiger partial charge in [-0.1, -0.05) is 24.3 Å². The number of carbonyl (C=O) groups excluding carboxylic acids is 1. The molecule has 0 aliphatic heterocycles. The zero-order valence-electron chi connectivity index (χ0n) is 11.8. The maximum Gasteiger partial charge on any atom is 0.170 e. The lowest BCUT2D eigenvalue weighted by Crippen LogP contribution is -2.11. The summed E-state index contributed by atoms with van der Waals surface area (Å²) in [5.74, 6) is 1.04. The van der Waals surface area contributed by atoms with E-state index in [1.165, 1.54) is 11.1 Å². The summed E-state index contributed by atoms with van der Waals surface area (Å²) in [6.45, 7) is 1.97. The first-order valence-electron chi connectivity index (χ1n) is 6.97. The van der Waals surface area contributed by atoms with E-state index in [0.29, 0.717) is 0 Å². The number of hydrogen-bond donors (Lipinski definition) is 0. The summed E-state index contributed by atoms with van der Waals surface area (Å²) in [5, 5.41) is 0. The standard InChI is InChI=1S/C18H18O2/c1-12-11-14(20-2)8-10-15(12)18(19)17-9-7-13-5-3-4-6-16(13)17/h3-6,8,10-11,17H,7,9H2,1-2H3. The van der Waals surface area contributed by atoms with Gasteiger partial charge in [0.15, 0.2) is 5.78 Å². The summed E-state index contributed by atoms with van der Waals surface area (Å²) < 4.78 is 5.20. The van der Waals surface area contributed by atoms with E-state index in [0.717, 1.165) is 29.7 Å². The first-order chi connectivity index (χ1) is 9.70. The van der Waals surface area contributed by atoms with Gasteiger partial charge in [0.25, 0.3) is 0 Å². The molecule has 0 spiro atoms. The highest BCUT2D eigenvalue weighted by molar-refractivity contribution is 6.02. The molecule has 1 aliphatic rings. The average molecular weight is 266 g/mol. The molecule has 1 atom stereocenters. The van der Waals surface area contributed by atoms with Crippen molar-refractivity contribution in [3.05, 3.63) is 64.7 Å². The lowest BCUT2D eigenvalue weighted by Gasteiger charge is -2.13. The third kappa shape index (κ3) is 2.11. The Morgan fingerprint density at radius 1 is 1.20 bits per heavy atom. The number of ketones is 1. The molecule has 1 aliphatic carbocycles. The summed E-state index contributed by atoms with van der Waals surface area (Å²) >= 11 is 0. The highest BCUT2D eigenvalue weighted by Gasteiger charge is 2.29. The fraction of sp³-hybridized carbons (Fsp3) is 0.278. The van der Waals surface area contributed by atoms with Crippen LogP contribution in [0.4, 0.5) is 0 Å². The Morgan fingerprint density at radius 2 is 2.00 bits per heavy atom. The van der Waals surface area contributed by atoms with Gasteiger partial charge in [-0.2, -0.15) is 0 Å². The van der Waals surface area contributed by atoms with Crippen molar-refractivity contribution in [2.45, 2.75) is 25.7 Å². The van der Waals surface area contributed by atoms with E-state index < -0.39 is 0 Å². The quantitative estimate of drug-likeness (QED) is 0.787. The van der Waals surface area contributed by atoms with E-state index >= 15 is 0 Å². The molecular weight excluding hydrogens is 248 g/mol. The topological polar surface area (TPSA) is 26.3 Å². The maximum absolute atomic E-state index is 12.8. The van der Waals surface area contributed by atoms with E-state index in [-0.39, 0.29) is 11.7 Å². The normalized spacial score (nSPS) is 16.8. The minimum atomic E-state index is 0.0123. The summed E-state index contributed by atoms with van der Waals surface area (Å²) in [4.78, 5) is 12.8. The summed E-state index contributed by atoms with van der Waals surface area (Å²) in [6, 6.07) is 14.0. The van der Waals surface area contributed by atoms with E-state index in [1.54, 1.807) is 7.11 Å². The number of fused-ring (bicyclic) bond motifs is 1. The molecule has 3 rings (SSSR count). The van der Waals surface area contributed by atoms with Crippen LogP contribution in [0.25, 0.3) is 0 Å². The number of methoxy groups -OCH3 is 1. The molecule has 0 saturated carbocycles. The van der Waals surface area contributed by atoms with E-state index in [9.17, 15) is 4.79 Å². The van der Waals surface area contributed by atoms with Gasteiger partial charge in [0.2, 0.25) is 0 Å². The van der Waals surface area contributed by atoms with Crippen LogP contribution < -0.4 is 4.74 Å². The van der Waals surface area contributed by atoms with Gasteiger partial charge in [-0.25, -0.2) is 0 Å². The molecule has 2 nitrogen and oxygen atoms in total. The number of rotatable bonds is 3. The number of hydrogen-bond acceptors (Lipinski definition) is 2. The molecular formula is C18H18O2. The van der Waals surface area contributed by atoms with Gasteiger partial charge < -0.3 is 4.74 Å². The molecule has 0 N–H and O–H groups in total. The van der Waals surface area contributed by atoms with Gasteiger partial charge in [0, 0.05) is 11.5 Å². The lowest BCUT2D eigenvalue weighted by atomic mass is 9.90. The minimum absolute atomic E-state index is 0.0123. The average Bonchev–Trinajstić information content (AvgIpc) is 2.90. The van der Waals surface area contributed by atoms with Gasteiger partial charge in [-0.05, 0) is 54.7 Å². The predicted octanol–water partition coefficient (Wildman–Crippen LogP) is 3.92. The first kappa shape index (κ1) is 12.9. The fourth-order valence-corrected chi connectivity index (χ4v) is 3.06. The monoisotopic (exact) mass is 266 g/mol. The van der Waals surface area contributed by atoms with Crippen molar-refractivity contribution in [3.8, 4) is 5.75 Å². The van der Waals surface area contributed by atoms with Gasteiger partial charge in [-0.3, -0.25) is 4.79 Å². The first-order valence-corrected chi connectivity index (χ1v) is 6.97. The summed E-state index contributed by atoms with van der Waals surface area (Å²) in [5.41, 5.74) is 4.32. The number of Topliss-reactive ketones (excluding diaryl/α,β-unsaturated/α-hetero) is 1. The van der Waals surface area contributed by atoms with Crippen molar-refractivity contribution >= 4 is 5.78 Å². The Hall–Kier alpha value is -2.09. The third-order valence-corrected chi connectivity index (χ3v) is 4.15. The molecule has 0 fully saturated rings. The van der Waals surface area contributed by atoms with E-state index in [1.807, 2.05) is 37.3 Å². The third-order valence-electron chi connectivity index (χ3n) is 4.15. The van der Waals surface area contributed by atoms with Crippen LogP contribution in [0.1, 0.15) is 39.4 Å². The van der Waals surface area contributed by atoms with Crippen molar-refractivity contribution in [1.82, 2.24) is 0 Å². The van der Waals surface area contributed by atoms with Gasteiger partial charge >= 0.3 is 0 Å². The highest BCUT2D eigenvalue weighted by atomic mass is 16.5. The zero-order chi connectivity index (χ0) is 14.1. The van der Waals surface area contributed by atoms with Gasteiger partial charge in [-0.15, -0.1) is 0 Å². The van der Waals surface area contributed by atoms with Crippen LogP contribution in [-0.4, -0.2) is 12.9 Å². The molecule has 20 heavy (non-hydrogen) atoms. The van der Waals surface area contributed by atoms with Crippen LogP contribution in [0.15, 0.2) is 42.5 Å². The van der Waals surface area contributed by atoms with Crippen LogP contribution in [0.2, 0.25) is 0 Å². The number of benzene rings is 2. The van der Waals surface area contributed by atoms with Crippen molar-refractivity contribution in [3.63, 3.8) is 0 Å². The van der Waals surface area contributed by atoms with E-state index in [4.69, 9.17) is 4.74 Å². The molecule has 0 heterocycles. The minimum Gasteiger partial charge on any atom is -0.497 e. The maximum atomic E-state index is 12.8. The predicted molar refractivity (Wildman–Crippen MR) is 79.6 cm³/mol. The molecule has 2 aromatic carbocycles. The lowest BCUT2D eigenvalue weighted by molar-refractivity contribution is 0.0959. The molecule has 0 amide bonds. The van der Waals surface area contributed by atoms with Gasteiger partial charge in [0.1, 0.15) is 5.75 Å². The Bertz CT molecular complexity index is 658. The van der Waals surface area contributed by atoms with Crippen LogP contribution >= 0.6 is 0 Å². The second kappa shape index (κ2) is 5.12. The van der Waals surface area contributed by atoms with Crippen molar-refractivity contribution in [1.29, 1.82) is 0 Å². The Kier molecular flexibility index (Phi) is 3.31. The SMILES string of the molecule is COc1ccc(C(=O)C2CCc3ccccc32)c(C)c1. The second-order valence-electron chi connectivity index (χ2n) is 5.34. The zero-order valence-corrected chi connectivity index (χ0v) is 11.8. The molecule has 2 aromatic rings. The van der Waals surface area contributed by atoms with Crippen LogP contribution in [-0.2, 0) is 6.42 Å². The van der Waals surface area contributed by atoms with Gasteiger partial charge in [0.05, 0.1) is 7.11 Å². The highest BCUT2D eigenvalue weighted by Crippen LogP contribution is 2.36. The fourth-order valence-electron chi connectivity index (χ4n) is 3.06. The number of aryl methyl sites for hydroxylation is 2. The second-order valence-corrected chi connectivity index (χ2v) is 5.34. The smallest absolute Gasteiger partial charge is 0.170 e. The molecule has 1 unspecified atom stereocenters. The molecule has 0 aromatic heterocycles. The Balaban J connectivity index is 1.95. The van der Waals surface area contributed by atoms with E-state index in [2.05, 4.69) is 12.1 Å². The van der Waals surface area contributed by atoms with Crippen LogP contribution in [0.3, 0.4) is 0 Å². The molecule has 0 bridgehead atoms. The molecule has 2 heteroatoms. The molecule has 0 radical (unpaired) electrons.